The van der Waals surface area contributed by atoms with Gasteiger partial charge in [0.05, 0.1) is 0 Å². The fourth-order valence-electron chi connectivity index (χ4n) is 1.85. The third-order valence-corrected chi connectivity index (χ3v) is 2.79. The van der Waals surface area contributed by atoms with E-state index >= 15 is 0 Å². The van der Waals surface area contributed by atoms with E-state index in [0.717, 1.165) is 12.1 Å². The Morgan fingerprint density at radius 3 is 2.54 bits per heavy atom. The molecule has 2 rings (SSSR count). The van der Waals surface area contributed by atoms with E-state index in [-0.39, 0.29) is 23.9 Å². The van der Waals surface area contributed by atoms with E-state index in [2.05, 4.69) is 4.84 Å². The normalized spacial score (nSPS) is 10.5. The second-order valence-corrected chi connectivity index (χ2v) is 4.68. The summed E-state index contributed by atoms with van der Waals surface area (Å²) in [5.74, 6) is -0.763. The molecule has 0 aliphatic heterocycles. The van der Waals surface area contributed by atoms with Gasteiger partial charge in [-0.3, -0.25) is 0 Å². The fourth-order valence-corrected chi connectivity index (χ4v) is 1.85. The first kappa shape index (κ1) is 16.8. The molecule has 2 N–H and O–H groups in total. The molecule has 0 saturated heterocycles. The van der Waals surface area contributed by atoms with Crippen molar-refractivity contribution in [3.05, 3.63) is 69.8 Å². The van der Waals surface area contributed by atoms with Gasteiger partial charge in [0.25, 0.3) is 5.09 Å². The molecule has 0 aliphatic rings. The molecule has 0 aromatic heterocycles. The van der Waals surface area contributed by atoms with Crippen LogP contribution in [0.15, 0.2) is 48.5 Å². The predicted octanol–water partition coefficient (Wildman–Crippen LogP) is 2.42. The average molecular weight is 331 g/mol. The van der Waals surface area contributed by atoms with Crippen LogP contribution in [0.1, 0.15) is 11.1 Å². The lowest BCUT2D eigenvalue weighted by molar-refractivity contribution is -0.763. The standard InChI is InChI=1S/C16H13NO7/c18-13-6-11(7-14(19)9-13)4-5-16(20)24-15-3-1-2-12(8-15)10-23-17(21)22/h1-9,18-19H,10H2. The van der Waals surface area contributed by atoms with E-state index in [0.29, 0.717) is 11.1 Å². The molecule has 0 fully saturated rings. The van der Waals surface area contributed by atoms with Crippen LogP contribution >= 0.6 is 0 Å². The zero-order valence-corrected chi connectivity index (χ0v) is 12.3. The molecule has 2 aromatic rings. The maximum atomic E-state index is 11.8. The Kier molecular flexibility index (Phi) is 5.35. The minimum Gasteiger partial charge on any atom is -0.508 e. The van der Waals surface area contributed by atoms with Gasteiger partial charge in [0.15, 0.2) is 0 Å². The van der Waals surface area contributed by atoms with Gasteiger partial charge in [-0.25, -0.2) is 4.79 Å². The number of phenolic OH excluding ortho intramolecular Hbond substituents is 2. The fraction of sp³-hybridized carbons (Fsp3) is 0.0625. The van der Waals surface area contributed by atoms with Gasteiger partial charge < -0.3 is 19.8 Å². The molecule has 24 heavy (non-hydrogen) atoms. The van der Waals surface area contributed by atoms with Crippen LogP contribution in [-0.4, -0.2) is 21.3 Å². The van der Waals surface area contributed by atoms with E-state index in [1.807, 2.05) is 0 Å². The summed E-state index contributed by atoms with van der Waals surface area (Å²) in [5.41, 5.74) is 0.886. The van der Waals surface area contributed by atoms with Gasteiger partial charge in [-0.15, -0.1) is 10.1 Å². The van der Waals surface area contributed by atoms with E-state index in [1.54, 1.807) is 12.1 Å². The minimum absolute atomic E-state index is 0.137. The van der Waals surface area contributed by atoms with Gasteiger partial charge >= 0.3 is 5.97 Å². The number of hydrogen-bond donors (Lipinski definition) is 2. The molecule has 0 aliphatic carbocycles. The van der Waals surface area contributed by atoms with Gasteiger partial charge in [-0.1, -0.05) is 12.1 Å². The molecule has 2 aromatic carbocycles. The highest BCUT2D eigenvalue weighted by atomic mass is 16.9. The van der Waals surface area contributed by atoms with Crippen molar-refractivity contribution in [2.45, 2.75) is 6.61 Å². The van der Waals surface area contributed by atoms with E-state index in [4.69, 9.17) is 4.74 Å². The van der Waals surface area contributed by atoms with Crippen LogP contribution in [0.3, 0.4) is 0 Å². The predicted molar refractivity (Wildman–Crippen MR) is 82.7 cm³/mol. The Morgan fingerprint density at radius 2 is 1.88 bits per heavy atom. The molecular weight excluding hydrogens is 318 g/mol. The molecule has 0 amide bonds. The number of esters is 1. The number of phenols is 2. The van der Waals surface area contributed by atoms with Crippen LogP contribution in [0.2, 0.25) is 0 Å². The molecule has 0 atom stereocenters. The van der Waals surface area contributed by atoms with Gasteiger partial charge in [-0.2, -0.15) is 0 Å². The van der Waals surface area contributed by atoms with Gasteiger partial charge in [0.1, 0.15) is 23.9 Å². The van der Waals surface area contributed by atoms with E-state index < -0.39 is 11.1 Å². The minimum atomic E-state index is -0.911. The molecule has 0 heterocycles. The Labute approximate surface area is 136 Å². The maximum absolute atomic E-state index is 11.8. The van der Waals surface area contributed by atoms with E-state index in [1.165, 1.54) is 30.3 Å². The molecule has 0 spiro atoms. The summed E-state index contributed by atoms with van der Waals surface area (Å²) in [4.78, 5) is 26.2. The number of aromatic hydroxyl groups is 2. The van der Waals surface area contributed by atoms with Gasteiger partial charge in [0, 0.05) is 12.1 Å². The summed E-state index contributed by atoms with van der Waals surface area (Å²) in [6.07, 6.45) is 2.48. The number of benzene rings is 2. The summed E-state index contributed by atoms with van der Waals surface area (Å²) in [6.45, 7) is -0.253. The van der Waals surface area contributed by atoms with Crippen molar-refractivity contribution in [2.75, 3.05) is 0 Å². The lowest BCUT2D eigenvalue weighted by Gasteiger charge is -2.04. The third kappa shape index (κ3) is 5.34. The SMILES string of the molecule is O=C(C=Cc1cc(O)cc(O)c1)Oc1cccc(CO[N+](=O)[O-])c1. The highest BCUT2D eigenvalue weighted by Crippen LogP contribution is 2.21. The molecule has 8 heteroatoms. The summed E-state index contributed by atoms with van der Waals surface area (Å²) in [7, 11) is 0. The first-order valence-corrected chi connectivity index (χ1v) is 6.71. The Bertz CT molecular complexity index is 765. The Morgan fingerprint density at radius 1 is 1.17 bits per heavy atom. The van der Waals surface area contributed by atoms with Gasteiger partial charge in [0.2, 0.25) is 0 Å². The number of carbonyl (C=O) groups excluding carboxylic acids is 1. The first-order valence-electron chi connectivity index (χ1n) is 6.71. The Balaban J connectivity index is 2.00. The van der Waals surface area contributed by atoms with Crippen LogP contribution < -0.4 is 4.74 Å². The van der Waals surface area contributed by atoms with Crippen molar-refractivity contribution in [3.63, 3.8) is 0 Å². The van der Waals surface area contributed by atoms with Crippen molar-refractivity contribution >= 4 is 12.0 Å². The monoisotopic (exact) mass is 331 g/mol. The van der Waals surface area contributed by atoms with Gasteiger partial charge in [-0.05, 0) is 41.5 Å². The van der Waals surface area contributed by atoms with Crippen molar-refractivity contribution < 1.29 is 29.7 Å². The number of hydrogen-bond acceptors (Lipinski definition) is 7. The first-order chi connectivity index (χ1) is 11.4. The average Bonchev–Trinajstić information content (AvgIpc) is 2.50. The Hall–Kier alpha value is -3.55. The topological polar surface area (TPSA) is 119 Å². The third-order valence-electron chi connectivity index (χ3n) is 2.79. The highest BCUT2D eigenvalue weighted by molar-refractivity contribution is 5.88. The van der Waals surface area contributed by atoms with Crippen molar-refractivity contribution in [2.24, 2.45) is 0 Å². The summed E-state index contributed by atoms with van der Waals surface area (Å²) < 4.78 is 5.07. The van der Waals surface area contributed by atoms with Crippen LogP contribution in [0.4, 0.5) is 0 Å². The van der Waals surface area contributed by atoms with Crippen LogP contribution in [0.5, 0.6) is 17.2 Å². The smallest absolute Gasteiger partial charge is 0.336 e. The lowest BCUT2D eigenvalue weighted by atomic mass is 10.2. The lowest BCUT2D eigenvalue weighted by Crippen LogP contribution is -2.05. The largest absolute Gasteiger partial charge is 0.508 e. The second kappa shape index (κ2) is 7.63. The molecule has 0 saturated carbocycles. The quantitative estimate of drug-likeness (QED) is 0.274. The molecule has 0 radical (unpaired) electrons. The summed E-state index contributed by atoms with van der Waals surface area (Å²) >= 11 is 0. The van der Waals surface area contributed by atoms with Crippen LogP contribution in [0, 0.1) is 10.1 Å². The molecule has 124 valence electrons. The number of rotatable bonds is 6. The van der Waals surface area contributed by atoms with Crippen molar-refractivity contribution in [1.29, 1.82) is 0 Å². The van der Waals surface area contributed by atoms with Crippen LogP contribution in [0.25, 0.3) is 6.08 Å². The maximum Gasteiger partial charge on any atom is 0.336 e. The summed E-state index contributed by atoms with van der Waals surface area (Å²) in [5, 5.41) is 27.9. The zero-order chi connectivity index (χ0) is 17.5. The number of ether oxygens (including phenoxy) is 1. The van der Waals surface area contributed by atoms with E-state index in [9.17, 15) is 25.1 Å². The molecule has 0 unspecified atom stereocenters. The molecular formula is C16H13NO7. The number of nitrogens with zero attached hydrogens (tertiary/aromatic N) is 1. The number of carbonyl (C=O) groups is 1. The summed E-state index contributed by atoms with van der Waals surface area (Å²) in [6, 6.07) is 9.99. The molecule has 8 nitrogen and oxygen atoms in total. The zero-order valence-electron chi connectivity index (χ0n) is 12.3. The van der Waals surface area contributed by atoms with Crippen molar-refractivity contribution in [3.8, 4) is 17.2 Å². The highest BCUT2D eigenvalue weighted by Gasteiger charge is 2.04. The molecule has 0 bridgehead atoms. The van der Waals surface area contributed by atoms with Crippen LogP contribution in [-0.2, 0) is 16.2 Å². The second-order valence-electron chi connectivity index (χ2n) is 4.68. The van der Waals surface area contributed by atoms with Crippen molar-refractivity contribution in [1.82, 2.24) is 0 Å².